The number of aromatic amines is 2. The molecule has 2 aliphatic rings. The summed E-state index contributed by atoms with van der Waals surface area (Å²) in [6.45, 7) is 18.3. The first-order chi connectivity index (χ1) is 23.6. The number of aromatic nitrogens is 4. The van der Waals surface area contributed by atoms with Crippen LogP contribution < -0.4 is 0 Å². The molecule has 6 nitrogen and oxygen atoms in total. The maximum absolute atomic E-state index is 4.94. The van der Waals surface area contributed by atoms with E-state index >= 15 is 0 Å². The highest BCUT2D eigenvalue weighted by molar-refractivity contribution is 6.05. The topological polar surface area (TPSA) is 63.8 Å². The summed E-state index contributed by atoms with van der Waals surface area (Å²) in [5.74, 6) is 2.17. The van der Waals surface area contributed by atoms with Gasteiger partial charge < -0.3 is 9.97 Å². The third-order valence-corrected chi connectivity index (χ3v) is 9.22. The number of fused-ring (bicyclic) bond motifs is 3. The number of nitrogens with one attached hydrogen (secondary N) is 2. The molecule has 0 saturated carbocycles. The van der Waals surface area contributed by atoms with Crippen molar-refractivity contribution < 1.29 is 0 Å². The van der Waals surface area contributed by atoms with E-state index in [1.165, 1.54) is 58.7 Å². The Morgan fingerprint density at radius 1 is 0.542 bits per heavy atom. The number of benzene rings is 4. The van der Waals surface area contributed by atoms with Crippen molar-refractivity contribution in [2.75, 3.05) is 27.2 Å². The number of hydrogen-bond acceptors (Lipinski definition) is 4. The Balaban J connectivity index is 0.000000608. The van der Waals surface area contributed by atoms with E-state index in [1.807, 2.05) is 55.4 Å². The van der Waals surface area contributed by atoms with Crippen LogP contribution in [-0.2, 0) is 0 Å². The predicted molar refractivity (Wildman–Crippen MR) is 209 cm³/mol. The van der Waals surface area contributed by atoms with Crippen LogP contribution in [0.25, 0.3) is 55.1 Å². The lowest BCUT2D eigenvalue weighted by Gasteiger charge is -2.16. The lowest BCUT2D eigenvalue weighted by atomic mass is 9.93. The third kappa shape index (κ3) is 7.35. The monoisotopic (exact) mass is 646 g/mol. The summed E-state index contributed by atoms with van der Waals surface area (Å²) in [6.07, 6.45) is 4.79. The van der Waals surface area contributed by atoms with Gasteiger partial charge in [0.1, 0.15) is 11.6 Å². The van der Waals surface area contributed by atoms with E-state index in [-0.39, 0.29) is 0 Å². The van der Waals surface area contributed by atoms with E-state index in [2.05, 4.69) is 107 Å². The minimum atomic E-state index is 0.387. The lowest BCUT2D eigenvalue weighted by Crippen LogP contribution is -2.18. The zero-order chi connectivity index (χ0) is 34.8. The largest absolute Gasteiger partial charge is 0.341 e. The quantitative estimate of drug-likeness (QED) is 0.200. The molecular weight excluding hydrogens is 589 g/mol. The van der Waals surface area contributed by atoms with Crippen LogP contribution in [0.2, 0.25) is 0 Å². The molecule has 8 rings (SSSR count). The molecule has 2 unspecified atom stereocenters. The van der Waals surface area contributed by atoms with Crippen molar-refractivity contribution in [2.24, 2.45) is 0 Å². The van der Waals surface area contributed by atoms with Gasteiger partial charge in [0.2, 0.25) is 0 Å². The summed E-state index contributed by atoms with van der Waals surface area (Å²) < 4.78 is 0. The van der Waals surface area contributed by atoms with Gasteiger partial charge in [0, 0.05) is 0 Å². The van der Waals surface area contributed by atoms with Crippen LogP contribution in [0.3, 0.4) is 0 Å². The van der Waals surface area contributed by atoms with Gasteiger partial charge in [-0.3, -0.25) is 9.80 Å². The number of rotatable bonds is 4. The van der Waals surface area contributed by atoms with Gasteiger partial charge in [0.05, 0.1) is 34.2 Å². The molecular formula is C42H58N6. The number of imidazole rings is 2. The normalized spacial score (nSPS) is 17.5. The maximum atomic E-state index is 4.94. The van der Waals surface area contributed by atoms with Crippen LogP contribution in [-0.4, -0.2) is 56.9 Å². The average Bonchev–Trinajstić information content (AvgIpc) is 3.97. The van der Waals surface area contributed by atoms with E-state index in [4.69, 9.17) is 9.97 Å². The van der Waals surface area contributed by atoms with Gasteiger partial charge in [-0.2, -0.15) is 0 Å². The molecule has 0 radical (unpaired) electrons. The Morgan fingerprint density at radius 3 is 1.29 bits per heavy atom. The molecule has 0 aliphatic carbocycles. The fraction of sp³-hybridized carbons (Fsp3) is 0.429. The molecule has 2 saturated heterocycles. The Morgan fingerprint density at radius 2 is 0.938 bits per heavy atom. The van der Waals surface area contributed by atoms with Crippen LogP contribution in [0.5, 0.6) is 0 Å². The van der Waals surface area contributed by atoms with Gasteiger partial charge in [-0.25, -0.2) is 9.97 Å². The first kappa shape index (κ1) is 36.8. The molecule has 48 heavy (non-hydrogen) atoms. The van der Waals surface area contributed by atoms with Gasteiger partial charge in [0.25, 0.3) is 0 Å². The molecule has 2 aromatic heterocycles. The molecule has 2 fully saturated rings. The fourth-order valence-corrected chi connectivity index (χ4v) is 7.03. The highest BCUT2D eigenvalue weighted by atomic mass is 15.2. The lowest BCUT2D eigenvalue weighted by molar-refractivity contribution is 0.307. The van der Waals surface area contributed by atoms with E-state index in [0.29, 0.717) is 12.1 Å². The molecule has 2 aliphatic heterocycles. The zero-order valence-electron chi connectivity index (χ0n) is 31.1. The molecule has 6 heteroatoms. The van der Waals surface area contributed by atoms with Crippen molar-refractivity contribution in [3.8, 4) is 22.3 Å². The Kier molecular flexibility index (Phi) is 13.4. The van der Waals surface area contributed by atoms with E-state index < -0.39 is 0 Å². The smallest absolute Gasteiger partial charge is 0.124 e. The molecule has 0 bridgehead atoms. The van der Waals surface area contributed by atoms with Crippen LogP contribution in [0, 0.1) is 0 Å². The molecule has 256 valence electrons. The summed E-state index contributed by atoms with van der Waals surface area (Å²) >= 11 is 0. The highest BCUT2D eigenvalue weighted by Gasteiger charge is 2.26. The summed E-state index contributed by atoms with van der Waals surface area (Å²) in [5.41, 5.74) is 9.18. The molecule has 2 N–H and O–H groups in total. The maximum Gasteiger partial charge on any atom is 0.124 e. The van der Waals surface area contributed by atoms with Gasteiger partial charge in [-0.1, -0.05) is 104 Å². The number of H-pyrrole nitrogens is 2. The predicted octanol–water partition coefficient (Wildman–Crippen LogP) is 11.6. The molecule has 0 spiro atoms. The van der Waals surface area contributed by atoms with E-state index in [1.54, 1.807) is 0 Å². The second-order valence-electron chi connectivity index (χ2n) is 11.7. The molecule has 2 atom stereocenters. The van der Waals surface area contributed by atoms with Gasteiger partial charge >= 0.3 is 0 Å². The third-order valence-electron chi connectivity index (χ3n) is 9.22. The second kappa shape index (κ2) is 17.4. The first-order valence-electron chi connectivity index (χ1n) is 18.5. The SMILES string of the molecule is CC.CC.CC.CC.CN1CCCC1c1nc2ccc(-c3cccc4c(-c5ccc6nc(C7CCCN7C)[nH]c6c5)cccc34)cc2[nH]1. The highest BCUT2D eigenvalue weighted by Crippen LogP contribution is 2.38. The molecule has 6 aromatic rings. The number of nitrogens with zero attached hydrogens (tertiary/aromatic N) is 4. The molecule has 4 aromatic carbocycles. The number of hydrogen-bond donors (Lipinski definition) is 2. The summed E-state index contributed by atoms with van der Waals surface area (Å²) in [5, 5.41) is 2.51. The molecule has 4 heterocycles. The average molecular weight is 647 g/mol. The minimum absolute atomic E-state index is 0.387. The fourth-order valence-electron chi connectivity index (χ4n) is 7.03. The summed E-state index contributed by atoms with van der Waals surface area (Å²) in [7, 11) is 4.39. The van der Waals surface area contributed by atoms with Crippen molar-refractivity contribution in [3.05, 3.63) is 84.4 Å². The van der Waals surface area contributed by atoms with Crippen molar-refractivity contribution in [1.82, 2.24) is 29.7 Å². The zero-order valence-corrected chi connectivity index (χ0v) is 31.1. The minimum Gasteiger partial charge on any atom is -0.341 e. The van der Waals surface area contributed by atoms with Gasteiger partial charge in [-0.05, 0) is 110 Å². The van der Waals surface area contributed by atoms with Crippen LogP contribution >= 0.6 is 0 Å². The molecule has 0 amide bonds. The van der Waals surface area contributed by atoms with E-state index in [0.717, 1.165) is 46.8 Å². The Labute approximate surface area is 289 Å². The van der Waals surface area contributed by atoms with Crippen molar-refractivity contribution in [2.45, 2.75) is 93.2 Å². The van der Waals surface area contributed by atoms with Crippen LogP contribution in [0.15, 0.2) is 72.8 Å². The summed E-state index contributed by atoms with van der Waals surface area (Å²) in [6, 6.07) is 27.4. The second-order valence-corrected chi connectivity index (χ2v) is 11.7. The first-order valence-corrected chi connectivity index (χ1v) is 18.5. The van der Waals surface area contributed by atoms with Crippen molar-refractivity contribution >= 4 is 32.8 Å². The Bertz CT molecular complexity index is 1750. The van der Waals surface area contributed by atoms with Crippen LogP contribution in [0.1, 0.15) is 105 Å². The van der Waals surface area contributed by atoms with E-state index in [9.17, 15) is 0 Å². The number of likely N-dealkylation sites (tertiary alicyclic amines) is 2. The summed E-state index contributed by atoms with van der Waals surface area (Å²) in [4.78, 5) is 22.0. The van der Waals surface area contributed by atoms with Crippen LogP contribution in [0.4, 0.5) is 0 Å². The standard InChI is InChI=1S/C34H34N6.4C2H6/c1-39-17-5-11-31(39)33-35-27-15-13-21(19-29(27)37-33)23-7-3-10-26-24(8-4-9-25(23)26)22-14-16-28-30(20-22)38-34(36-28)32-12-6-18-40(32)2;4*1-2/h3-4,7-10,13-16,19-20,31-32H,5-6,11-12,17-18H2,1-2H3,(H,35,37)(H,36,38);4*1-2H3. The van der Waals surface area contributed by atoms with Gasteiger partial charge in [0.15, 0.2) is 0 Å². The van der Waals surface area contributed by atoms with Gasteiger partial charge in [-0.15, -0.1) is 0 Å². The van der Waals surface area contributed by atoms with Crippen molar-refractivity contribution in [1.29, 1.82) is 0 Å². The van der Waals surface area contributed by atoms with Crippen molar-refractivity contribution in [3.63, 3.8) is 0 Å². The Hall–Kier alpha value is -4.00.